The Morgan fingerprint density at radius 3 is 2.55 bits per heavy atom. The van der Waals surface area contributed by atoms with Crippen LogP contribution in [0.25, 0.3) is 0 Å². The third kappa shape index (κ3) is 3.14. The molecule has 7 nitrogen and oxygen atoms in total. The van der Waals surface area contributed by atoms with E-state index in [4.69, 9.17) is 5.73 Å². The maximum absolute atomic E-state index is 12.1. The van der Waals surface area contributed by atoms with Gasteiger partial charge in [-0.1, -0.05) is 12.1 Å². The molecule has 0 aliphatic heterocycles. The molecule has 1 saturated carbocycles. The average Bonchev–Trinajstić information content (AvgIpc) is 3.19. The number of benzene rings is 1. The molecule has 110 valence electrons. The molecule has 2 rings (SSSR count). The van der Waals surface area contributed by atoms with E-state index in [1.165, 1.54) is 24.3 Å². The third-order valence-electron chi connectivity index (χ3n) is 3.69. The standard InChI is InChI=1S/C12H17N3O4S/c13-9-12(5-6-12)7-8-14-20(18,19)11-4-2-1-3-10(11)15(16)17/h1-4,14H,5-9,13H2. The Hall–Kier alpha value is -1.51. The fraction of sp³-hybridized carbons (Fsp3) is 0.500. The summed E-state index contributed by atoms with van der Waals surface area (Å²) in [4.78, 5) is 9.85. The second-order valence-electron chi connectivity index (χ2n) is 5.08. The van der Waals surface area contributed by atoms with E-state index >= 15 is 0 Å². The van der Waals surface area contributed by atoms with Gasteiger partial charge in [-0.15, -0.1) is 0 Å². The Morgan fingerprint density at radius 2 is 2.00 bits per heavy atom. The van der Waals surface area contributed by atoms with Gasteiger partial charge < -0.3 is 5.73 Å². The Labute approximate surface area is 117 Å². The molecule has 20 heavy (non-hydrogen) atoms. The van der Waals surface area contributed by atoms with Gasteiger partial charge >= 0.3 is 0 Å². The fourth-order valence-electron chi connectivity index (χ4n) is 2.10. The van der Waals surface area contributed by atoms with Crippen LogP contribution in [0.4, 0.5) is 5.69 Å². The van der Waals surface area contributed by atoms with Gasteiger partial charge in [-0.25, -0.2) is 13.1 Å². The van der Waals surface area contributed by atoms with Crippen molar-refractivity contribution in [1.29, 1.82) is 0 Å². The molecule has 0 bridgehead atoms. The first-order chi connectivity index (χ1) is 9.40. The summed E-state index contributed by atoms with van der Waals surface area (Å²) in [6.07, 6.45) is 2.68. The number of nitrogens with two attached hydrogens (primary N) is 1. The van der Waals surface area contributed by atoms with Crippen molar-refractivity contribution >= 4 is 15.7 Å². The highest BCUT2D eigenvalue weighted by atomic mass is 32.2. The largest absolute Gasteiger partial charge is 0.330 e. The van der Waals surface area contributed by atoms with E-state index in [-0.39, 0.29) is 16.9 Å². The number of hydrogen-bond acceptors (Lipinski definition) is 5. The predicted octanol–water partition coefficient (Wildman–Crippen LogP) is 1.00. The van der Waals surface area contributed by atoms with E-state index < -0.39 is 20.6 Å². The minimum Gasteiger partial charge on any atom is -0.330 e. The number of nitro groups is 1. The van der Waals surface area contributed by atoms with Crippen molar-refractivity contribution in [2.75, 3.05) is 13.1 Å². The summed E-state index contributed by atoms with van der Waals surface area (Å²) in [7, 11) is -3.87. The van der Waals surface area contributed by atoms with Gasteiger partial charge in [0.1, 0.15) is 0 Å². The molecule has 1 aliphatic carbocycles. The maximum Gasteiger partial charge on any atom is 0.289 e. The molecule has 0 spiro atoms. The number of nitro benzene ring substituents is 1. The van der Waals surface area contributed by atoms with Gasteiger partial charge in [-0.3, -0.25) is 10.1 Å². The lowest BCUT2D eigenvalue weighted by Gasteiger charge is -2.12. The van der Waals surface area contributed by atoms with Crippen LogP contribution in [-0.4, -0.2) is 26.4 Å². The molecule has 1 fully saturated rings. The van der Waals surface area contributed by atoms with E-state index in [1.807, 2.05) is 0 Å². The van der Waals surface area contributed by atoms with E-state index in [0.29, 0.717) is 13.0 Å². The number of rotatable bonds is 7. The summed E-state index contributed by atoms with van der Waals surface area (Å²) < 4.78 is 26.6. The van der Waals surface area contributed by atoms with E-state index in [9.17, 15) is 18.5 Å². The molecule has 0 saturated heterocycles. The first kappa shape index (κ1) is 14.9. The molecule has 1 aliphatic rings. The van der Waals surface area contributed by atoms with Crippen LogP contribution >= 0.6 is 0 Å². The molecule has 8 heteroatoms. The number of nitrogens with one attached hydrogen (secondary N) is 1. The van der Waals surface area contributed by atoms with Crippen LogP contribution in [0.2, 0.25) is 0 Å². The highest BCUT2D eigenvalue weighted by Gasteiger charge is 2.40. The van der Waals surface area contributed by atoms with Crippen LogP contribution in [0.5, 0.6) is 0 Å². The summed E-state index contributed by atoms with van der Waals surface area (Å²) in [5.41, 5.74) is 5.27. The van der Waals surface area contributed by atoms with Crippen molar-refractivity contribution in [1.82, 2.24) is 4.72 Å². The van der Waals surface area contributed by atoms with E-state index in [2.05, 4.69) is 4.72 Å². The summed E-state index contributed by atoms with van der Waals surface area (Å²) in [5, 5.41) is 10.9. The van der Waals surface area contributed by atoms with Gasteiger partial charge in [-0.05, 0) is 37.3 Å². The topological polar surface area (TPSA) is 115 Å². The summed E-state index contributed by atoms with van der Waals surface area (Å²) in [6.45, 7) is 0.784. The Morgan fingerprint density at radius 1 is 1.35 bits per heavy atom. The van der Waals surface area contributed by atoms with Gasteiger partial charge in [-0.2, -0.15) is 0 Å². The first-order valence-electron chi connectivity index (χ1n) is 6.33. The lowest BCUT2D eigenvalue weighted by molar-refractivity contribution is -0.387. The molecule has 0 unspecified atom stereocenters. The zero-order valence-corrected chi connectivity index (χ0v) is 11.7. The van der Waals surface area contributed by atoms with Gasteiger partial charge in [0.2, 0.25) is 10.0 Å². The zero-order valence-electron chi connectivity index (χ0n) is 10.9. The van der Waals surface area contributed by atoms with Gasteiger partial charge in [0.15, 0.2) is 4.90 Å². The lowest BCUT2D eigenvalue weighted by Crippen LogP contribution is -2.29. The lowest BCUT2D eigenvalue weighted by atomic mass is 10.0. The van der Waals surface area contributed by atoms with Crippen molar-refractivity contribution in [2.45, 2.75) is 24.2 Å². The predicted molar refractivity (Wildman–Crippen MR) is 73.6 cm³/mol. The maximum atomic E-state index is 12.1. The average molecular weight is 299 g/mol. The van der Waals surface area contributed by atoms with Crippen LogP contribution in [0, 0.1) is 15.5 Å². The van der Waals surface area contributed by atoms with E-state index in [0.717, 1.165) is 12.8 Å². The molecule has 1 aromatic carbocycles. The molecule has 0 atom stereocenters. The van der Waals surface area contributed by atoms with Crippen LogP contribution in [0.1, 0.15) is 19.3 Å². The molecule has 1 aromatic rings. The molecule has 0 aromatic heterocycles. The van der Waals surface area contributed by atoms with Crippen molar-refractivity contribution in [2.24, 2.45) is 11.1 Å². The minimum absolute atomic E-state index is 0.0607. The Balaban J connectivity index is 2.09. The van der Waals surface area contributed by atoms with Gasteiger partial charge in [0, 0.05) is 12.6 Å². The van der Waals surface area contributed by atoms with Crippen LogP contribution in [0.3, 0.4) is 0 Å². The molecule has 0 heterocycles. The summed E-state index contributed by atoms with van der Waals surface area (Å²) in [6, 6.07) is 5.31. The van der Waals surface area contributed by atoms with Crippen molar-refractivity contribution in [3.8, 4) is 0 Å². The molecule has 3 N–H and O–H groups in total. The van der Waals surface area contributed by atoms with Crippen molar-refractivity contribution in [3.63, 3.8) is 0 Å². The quantitative estimate of drug-likeness (QED) is 0.575. The third-order valence-corrected chi connectivity index (χ3v) is 5.20. The second-order valence-corrected chi connectivity index (χ2v) is 6.81. The zero-order chi connectivity index (χ0) is 14.8. The van der Waals surface area contributed by atoms with Gasteiger partial charge in [0.05, 0.1) is 4.92 Å². The monoisotopic (exact) mass is 299 g/mol. The van der Waals surface area contributed by atoms with Crippen LogP contribution < -0.4 is 10.5 Å². The van der Waals surface area contributed by atoms with Crippen molar-refractivity contribution in [3.05, 3.63) is 34.4 Å². The summed E-state index contributed by atoms with van der Waals surface area (Å²) >= 11 is 0. The van der Waals surface area contributed by atoms with Crippen molar-refractivity contribution < 1.29 is 13.3 Å². The van der Waals surface area contributed by atoms with Crippen LogP contribution in [-0.2, 0) is 10.0 Å². The number of para-hydroxylation sites is 1. The number of sulfonamides is 1. The molecule has 0 amide bonds. The Kier molecular flexibility index (Phi) is 4.07. The molecular formula is C12H17N3O4S. The SMILES string of the molecule is NCC1(CCNS(=O)(=O)c2ccccc2[N+](=O)[O-])CC1. The summed E-state index contributed by atoms with van der Waals surface area (Å²) in [5.74, 6) is 0. The Bertz CT molecular complexity index is 611. The van der Waals surface area contributed by atoms with Crippen LogP contribution in [0.15, 0.2) is 29.2 Å². The highest BCUT2D eigenvalue weighted by Crippen LogP contribution is 2.47. The number of hydrogen-bond donors (Lipinski definition) is 2. The minimum atomic E-state index is -3.87. The number of nitrogens with zero attached hydrogens (tertiary/aromatic N) is 1. The van der Waals surface area contributed by atoms with Gasteiger partial charge in [0.25, 0.3) is 5.69 Å². The highest BCUT2D eigenvalue weighted by molar-refractivity contribution is 7.89. The normalized spacial score (nSPS) is 16.9. The fourth-order valence-corrected chi connectivity index (χ4v) is 3.30. The second kappa shape index (κ2) is 5.47. The molecule has 0 radical (unpaired) electrons. The molecular weight excluding hydrogens is 282 g/mol. The van der Waals surface area contributed by atoms with E-state index in [1.54, 1.807) is 0 Å². The smallest absolute Gasteiger partial charge is 0.289 e. The first-order valence-corrected chi connectivity index (χ1v) is 7.82.